The van der Waals surface area contributed by atoms with Crippen molar-refractivity contribution in [2.45, 2.75) is 38.9 Å². The van der Waals surface area contributed by atoms with Crippen LogP contribution in [0, 0.1) is 13.1 Å². The Morgan fingerprint density at radius 3 is 1.36 bits per heavy atom. The van der Waals surface area contributed by atoms with Crippen LogP contribution in [0.2, 0.25) is 0 Å². The second-order valence-electron chi connectivity index (χ2n) is 11.1. The molecule has 0 unspecified atom stereocenters. The summed E-state index contributed by atoms with van der Waals surface area (Å²) in [5.41, 5.74) is 7.23. The molecule has 4 heterocycles. The van der Waals surface area contributed by atoms with Gasteiger partial charge in [0.2, 0.25) is 11.6 Å². The molecule has 0 atom stereocenters. The molecular formula is C32H30N6O2S2. The van der Waals surface area contributed by atoms with Crippen molar-refractivity contribution in [2.75, 3.05) is 10.6 Å². The lowest BCUT2D eigenvalue weighted by Gasteiger charge is -2.34. The van der Waals surface area contributed by atoms with Crippen LogP contribution in [0.15, 0.2) is 60.7 Å². The Bertz CT molecular complexity index is 1700. The molecule has 0 radical (unpaired) electrons. The third-order valence-electron chi connectivity index (χ3n) is 7.52. The largest absolute Gasteiger partial charge is 0.460 e. The van der Waals surface area contributed by atoms with E-state index in [-0.39, 0.29) is 0 Å². The molecule has 10 heteroatoms. The van der Waals surface area contributed by atoms with E-state index in [0.717, 1.165) is 45.0 Å². The first kappa shape index (κ1) is 28.9. The number of rotatable bonds is 2. The van der Waals surface area contributed by atoms with Gasteiger partial charge in [-0.1, -0.05) is 13.1 Å². The van der Waals surface area contributed by atoms with Gasteiger partial charge in [0.05, 0.1) is 14.1 Å². The van der Waals surface area contributed by atoms with Crippen molar-refractivity contribution in [1.29, 1.82) is 0 Å². The fourth-order valence-electron chi connectivity index (χ4n) is 5.27. The molecule has 2 N–H and O–H groups in total. The third-order valence-corrected chi connectivity index (χ3v) is 7.89. The average Bonchev–Trinajstić information content (AvgIpc) is 3.49. The number of ether oxygens (including phenoxy) is 2. The van der Waals surface area contributed by atoms with Crippen LogP contribution >= 0.6 is 24.4 Å². The third kappa shape index (κ3) is 5.23. The molecule has 0 fully saturated rings. The van der Waals surface area contributed by atoms with E-state index in [2.05, 4.69) is 32.5 Å². The Morgan fingerprint density at radius 2 is 1.02 bits per heavy atom. The number of fused-ring (bicyclic) bond motifs is 2. The summed E-state index contributed by atoms with van der Waals surface area (Å²) < 4.78 is 15.2. The summed E-state index contributed by atoms with van der Waals surface area (Å²) in [4.78, 5) is 7.00. The van der Waals surface area contributed by atoms with Crippen molar-refractivity contribution in [3.63, 3.8) is 0 Å². The minimum absolute atomic E-state index is 0.398. The number of nitrogens with zero attached hydrogens (tertiary/aromatic N) is 4. The molecule has 0 saturated heterocycles. The summed E-state index contributed by atoms with van der Waals surface area (Å²) in [6.45, 7) is 22.3. The summed E-state index contributed by atoms with van der Waals surface area (Å²) in [7, 11) is 3.80. The molecule has 8 nitrogen and oxygen atoms in total. The zero-order valence-electron chi connectivity index (χ0n) is 24.2. The molecule has 2 aliphatic heterocycles. The quantitative estimate of drug-likeness (QED) is 0.180. The van der Waals surface area contributed by atoms with E-state index in [1.54, 1.807) is 0 Å². The second-order valence-corrected chi connectivity index (χ2v) is 11.8. The molecule has 2 aromatic carbocycles. The van der Waals surface area contributed by atoms with Crippen LogP contribution in [0.4, 0.5) is 23.0 Å². The van der Waals surface area contributed by atoms with Crippen molar-refractivity contribution >= 4 is 57.8 Å². The van der Waals surface area contributed by atoms with Gasteiger partial charge in [0.1, 0.15) is 22.6 Å². The maximum absolute atomic E-state index is 7.16. The molecule has 2 aromatic heterocycles. The van der Waals surface area contributed by atoms with Gasteiger partial charge >= 0.3 is 0 Å². The molecule has 0 saturated carbocycles. The van der Waals surface area contributed by atoms with Crippen LogP contribution in [0.3, 0.4) is 0 Å². The highest BCUT2D eigenvalue weighted by Gasteiger charge is 2.33. The van der Waals surface area contributed by atoms with Crippen LogP contribution in [0.5, 0.6) is 0 Å². The predicted octanol–water partition coefficient (Wildman–Crippen LogP) is 8.41. The van der Waals surface area contributed by atoms with E-state index in [4.69, 9.17) is 47.1 Å². The van der Waals surface area contributed by atoms with Crippen LogP contribution in [-0.4, -0.2) is 19.5 Å². The first-order valence-electron chi connectivity index (χ1n) is 13.2. The Kier molecular flexibility index (Phi) is 7.32. The van der Waals surface area contributed by atoms with Crippen LogP contribution < -0.4 is 10.6 Å². The Balaban J connectivity index is 0.000000168. The Hall–Kier alpha value is -4.64. The van der Waals surface area contributed by atoms with E-state index in [1.165, 1.54) is 0 Å². The van der Waals surface area contributed by atoms with E-state index < -0.39 is 11.2 Å². The lowest BCUT2D eigenvalue weighted by molar-refractivity contribution is 0.0943. The minimum atomic E-state index is -0.471. The molecule has 0 amide bonds. The van der Waals surface area contributed by atoms with E-state index in [0.29, 0.717) is 22.0 Å². The SMILES string of the molecule is [C-]#[N+]c1ccc(-c2ccc3c(c2)C(C)(C)OC(=S)N3)n1C.[C-]#[N+]c1ccc(-c2ccc3c(c2)C(C)(C)OC(=S)N3)n1C. The van der Waals surface area contributed by atoms with Crippen LogP contribution in [0.1, 0.15) is 38.8 Å². The van der Waals surface area contributed by atoms with Crippen LogP contribution in [0.25, 0.3) is 32.2 Å². The molecule has 2 aliphatic rings. The van der Waals surface area contributed by atoms with Crippen molar-refractivity contribution in [3.05, 3.63) is 94.6 Å². The van der Waals surface area contributed by atoms with Gasteiger partial charge in [-0.2, -0.15) is 0 Å². The van der Waals surface area contributed by atoms with Crippen molar-refractivity contribution < 1.29 is 9.47 Å². The zero-order valence-corrected chi connectivity index (χ0v) is 25.8. The van der Waals surface area contributed by atoms with Gasteiger partial charge in [0.15, 0.2) is 0 Å². The smallest absolute Gasteiger partial charge is 0.262 e. The van der Waals surface area contributed by atoms with Gasteiger partial charge in [-0.15, -0.1) is 0 Å². The second kappa shape index (κ2) is 10.6. The van der Waals surface area contributed by atoms with Gasteiger partial charge in [-0.05, 0) is 113 Å². The first-order chi connectivity index (χ1) is 19.8. The maximum Gasteiger partial charge on any atom is 0.262 e. The fourth-order valence-corrected chi connectivity index (χ4v) is 5.91. The minimum Gasteiger partial charge on any atom is -0.460 e. The molecular weight excluding hydrogens is 565 g/mol. The van der Waals surface area contributed by atoms with Gasteiger partial charge in [0.25, 0.3) is 10.3 Å². The van der Waals surface area contributed by atoms with Crippen LogP contribution in [-0.2, 0) is 34.8 Å². The highest BCUT2D eigenvalue weighted by Crippen LogP contribution is 2.40. The monoisotopic (exact) mass is 594 g/mol. The molecule has 0 bridgehead atoms. The summed E-state index contributed by atoms with van der Waals surface area (Å²) in [6.07, 6.45) is 0. The van der Waals surface area contributed by atoms with E-state index >= 15 is 0 Å². The summed E-state index contributed by atoms with van der Waals surface area (Å²) in [6, 6.07) is 19.8. The van der Waals surface area contributed by atoms with Gasteiger partial charge < -0.3 is 29.8 Å². The predicted molar refractivity (Wildman–Crippen MR) is 175 cm³/mol. The number of aromatic nitrogens is 2. The van der Waals surface area contributed by atoms with Gasteiger partial charge in [-0.25, -0.2) is 0 Å². The Morgan fingerprint density at radius 1 is 0.643 bits per heavy atom. The molecule has 212 valence electrons. The molecule has 4 aromatic rings. The Labute approximate surface area is 256 Å². The fraction of sp³-hybridized carbons (Fsp3) is 0.250. The number of anilines is 2. The molecule has 42 heavy (non-hydrogen) atoms. The average molecular weight is 595 g/mol. The van der Waals surface area contributed by atoms with Gasteiger partial charge in [-0.3, -0.25) is 9.13 Å². The number of benzene rings is 2. The highest BCUT2D eigenvalue weighted by molar-refractivity contribution is 7.80. The summed E-state index contributed by atoms with van der Waals surface area (Å²) in [5.74, 6) is 1.25. The standard InChI is InChI=1S/2C16H15N3OS/c2*1-16(2)11-9-10(5-6-12(11)18-15(21)20-16)13-7-8-14(17-3)19(13)4/h2*5-9H,1-2,4H3,(H,18,21). The zero-order chi connectivity index (χ0) is 30.4. The first-order valence-corrected chi connectivity index (χ1v) is 14.0. The van der Waals surface area contributed by atoms with Crippen molar-refractivity contribution in [2.24, 2.45) is 14.1 Å². The molecule has 0 spiro atoms. The number of nitrogens with one attached hydrogen (secondary N) is 2. The summed E-state index contributed by atoms with van der Waals surface area (Å²) in [5, 5.41) is 6.95. The topological polar surface area (TPSA) is 61.1 Å². The van der Waals surface area contributed by atoms with Crippen molar-refractivity contribution in [1.82, 2.24) is 9.13 Å². The van der Waals surface area contributed by atoms with Gasteiger partial charge in [0, 0.05) is 33.6 Å². The molecule has 6 rings (SSSR count). The number of hydrogen-bond acceptors (Lipinski definition) is 4. The van der Waals surface area contributed by atoms with E-state index in [9.17, 15) is 0 Å². The lowest BCUT2D eigenvalue weighted by Crippen LogP contribution is -2.34. The molecule has 0 aliphatic carbocycles. The maximum atomic E-state index is 7.16. The number of hydrogen-bond donors (Lipinski definition) is 2. The lowest BCUT2D eigenvalue weighted by atomic mass is 9.92. The summed E-state index contributed by atoms with van der Waals surface area (Å²) >= 11 is 10.3. The highest BCUT2D eigenvalue weighted by atomic mass is 32.1. The van der Waals surface area contributed by atoms with Crippen molar-refractivity contribution in [3.8, 4) is 22.5 Å². The van der Waals surface area contributed by atoms with E-state index in [1.807, 2.05) is 99.5 Å². The normalized spacial score (nSPS) is 15.6. The number of thiocarbonyl (C=S) groups is 2.